The number of anilines is 3. The summed E-state index contributed by atoms with van der Waals surface area (Å²) in [6.07, 6.45) is 3.72. The van der Waals surface area contributed by atoms with Crippen LogP contribution >= 0.6 is 0 Å². The molecule has 1 aromatic carbocycles. The SMILES string of the molecule is CC1=C(C(=O)Nc2ccc(Oc3ccnc(NC(=O)C4CC4)c3)cn2)C(O)N(c2ccccc2)N1C. The average molecular weight is 487 g/mol. The second-order valence-corrected chi connectivity index (χ2v) is 8.65. The number of carbonyl (C=O) groups is 2. The number of nitrogens with one attached hydrogen (secondary N) is 2. The number of aliphatic hydroxyl groups excluding tert-OH is 1. The standard InChI is InChI=1S/C26H26N6O4/c1-16-23(26(35)32(31(16)2)18-6-4-3-5-7-18)25(34)29-21-11-10-20(15-28-21)36-19-12-13-27-22(14-19)30-24(33)17-8-9-17/h3-7,10-15,17,26,35H,8-9H2,1-2H3,(H,27,30,33)(H,28,29,34). The van der Waals surface area contributed by atoms with Crippen molar-refractivity contribution in [2.45, 2.75) is 26.0 Å². The van der Waals surface area contributed by atoms with Crippen LogP contribution in [0.3, 0.4) is 0 Å². The maximum Gasteiger partial charge on any atom is 0.259 e. The fraction of sp³-hybridized carbons (Fsp3) is 0.231. The van der Waals surface area contributed by atoms with E-state index in [0.717, 1.165) is 18.5 Å². The van der Waals surface area contributed by atoms with Crippen molar-refractivity contribution < 1.29 is 19.4 Å². The predicted molar refractivity (Wildman–Crippen MR) is 134 cm³/mol. The first-order valence-electron chi connectivity index (χ1n) is 11.6. The molecule has 3 heterocycles. The fourth-order valence-corrected chi connectivity index (χ4v) is 3.94. The first-order chi connectivity index (χ1) is 17.4. The van der Waals surface area contributed by atoms with Gasteiger partial charge in [0, 0.05) is 30.9 Å². The lowest BCUT2D eigenvalue weighted by Crippen LogP contribution is -2.41. The van der Waals surface area contributed by atoms with E-state index in [2.05, 4.69) is 20.6 Å². The number of hydrogen-bond acceptors (Lipinski definition) is 8. The third kappa shape index (κ3) is 4.84. The highest BCUT2D eigenvalue weighted by molar-refractivity contribution is 6.05. The normalized spacial score (nSPS) is 17.2. The van der Waals surface area contributed by atoms with E-state index >= 15 is 0 Å². The molecule has 3 N–H and O–H groups in total. The molecule has 10 nitrogen and oxygen atoms in total. The van der Waals surface area contributed by atoms with E-state index in [-0.39, 0.29) is 17.4 Å². The van der Waals surface area contributed by atoms with E-state index in [0.29, 0.717) is 28.8 Å². The minimum absolute atomic E-state index is 0.0303. The largest absolute Gasteiger partial charge is 0.456 e. The Hall–Kier alpha value is -4.44. The number of pyridine rings is 2. The van der Waals surface area contributed by atoms with Crippen molar-refractivity contribution in [2.75, 3.05) is 22.7 Å². The van der Waals surface area contributed by atoms with Gasteiger partial charge in [0.05, 0.1) is 17.5 Å². The minimum Gasteiger partial charge on any atom is -0.456 e. The number of aliphatic hydroxyl groups is 1. The molecule has 0 saturated heterocycles. The zero-order chi connectivity index (χ0) is 25.2. The van der Waals surface area contributed by atoms with Crippen molar-refractivity contribution in [1.82, 2.24) is 15.0 Å². The smallest absolute Gasteiger partial charge is 0.259 e. The van der Waals surface area contributed by atoms with Gasteiger partial charge >= 0.3 is 0 Å². The molecule has 3 aromatic rings. The van der Waals surface area contributed by atoms with Crippen molar-refractivity contribution in [3.05, 3.63) is 78.3 Å². The molecular weight excluding hydrogens is 460 g/mol. The summed E-state index contributed by atoms with van der Waals surface area (Å²) in [4.78, 5) is 33.4. The molecule has 5 rings (SSSR count). The molecule has 2 aliphatic rings. The van der Waals surface area contributed by atoms with Crippen LogP contribution in [0.4, 0.5) is 17.3 Å². The zero-order valence-corrected chi connectivity index (χ0v) is 19.9. The average Bonchev–Trinajstić information content (AvgIpc) is 3.69. The lowest BCUT2D eigenvalue weighted by atomic mass is 10.1. The van der Waals surface area contributed by atoms with Crippen molar-refractivity contribution in [3.63, 3.8) is 0 Å². The lowest BCUT2D eigenvalue weighted by molar-refractivity contribution is -0.117. The van der Waals surface area contributed by atoms with Gasteiger partial charge in [-0.25, -0.2) is 9.97 Å². The number of allylic oxidation sites excluding steroid dienone is 1. The van der Waals surface area contributed by atoms with Gasteiger partial charge in [0.25, 0.3) is 5.91 Å². The number of amides is 2. The molecule has 0 radical (unpaired) electrons. The molecule has 1 aliphatic carbocycles. The highest BCUT2D eigenvalue weighted by atomic mass is 16.5. The van der Waals surface area contributed by atoms with Crippen LogP contribution in [0, 0.1) is 5.92 Å². The molecule has 1 saturated carbocycles. The molecule has 1 unspecified atom stereocenters. The zero-order valence-electron chi connectivity index (χ0n) is 19.9. The number of carbonyl (C=O) groups excluding carboxylic acids is 2. The number of benzene rings is 1. The van der Waals surface area contributed by atoms with Gasteiger partial charge in [-0.1, -0.05) is 18.2 Å². The Balaban J connectivity index is 1.23. The number of rotatable bonds is 7. The monoisotopic (exact) mass is 486 g/mol. The van der Waals surface area contributed by atoms with Gasteiger partial charge in [0.1, 0.15) is 23.1 Å². The molecule has 1 fully saturated rings. The molecule has 0 spiro atoms. The number of para-hydroxylation sites is 1. The van der Waals surface area contributed by atoms with Gasteiger partial charge in [-0.3, -0.25) is 19.6 Å². The Morgan fingerprint density at radius 3 is 2.47 bits per heavy atom. The fourth-order valence-electron chi connectivity index (χ4n) is 3.94. The van der Waals surface area contributed by atoms with Gasteiger partial charge in [-0.2, -0.15) is 0 Å². The summed E-state index contributed by atoms with van der Waals surface area (Å²) < 4.78 is 5.82. The quantitative estimate of drug-likeness (QED) is 0.464. The molecular formula is C26H26N6O4. The summed E-state index contributed by atoms with van der Waals surface area (Å²) in [6.45, 7) is 1.78. The van der Waals surface area contributed by atoms with Crippen molar-refractivity contribution in [1.29, 1.82) is 0 Å². The van der Waals surface area contributed by atoms with E-state index in [9.17, 15) is 14.7 Å². The van der Waals surface area contributed by atoms with Crippen molar-refractivity contribution >= 4 is 29.1 Å². The lowest BCUT2D eigenvalue weighted by Gasteiger charge is -2.31. The highest BCUT2D eigenvalue weighted by Gasteiger charge is 2.37. The van der Waals surface area contributed by atoms with E-state index in [1.165, 1.54) is 6.20 Å². The molecule has 184 valence electrons. The van der Waals surface area contributed by atoms with Gasteiger partial charge < -0.3 is 20.5 Å². The second-order valence-electron chi connectivity index (χ2n) is 8.65. The summed E-state index contributed by atoms with van der Waals surface area (Å²) in [5, 5.41) is 19.8. The maximum atomic E-state index is 13.0. The topological polar surface area (TPSA) is 120 Å². The molecule has 2 amide bonds. The molecule has 36 heavy (non-hydrogen) atoms. The van der Waals surface area contributed by atoms with Crippen LogP contribution in [-0.2, 0) is 9.59 Å². The number of nitrogens with zero attached hydrogens (tertiary/aromatic N) is 4. The number of aromatic nitrogens is 2. The molecule has 1 atom stereocenters. The Bertz CT molecular complexity index is 1310. The number of ether oxygens (including phenoxy) is 1. The van der Waals surface area contributed by atoms with Gasteiger partial charge in [0.2, 0.25) is 5.91 Å². The van der Waals surface area contributed by atoms with E-state index in [1.807, 2.05) is 30.3 Å². The summed E-state index contributed by atoms with van der Waals surface area (Å²) in [7, 11) is 1.79. The van der Waals surface area contributed by atoms with Crippen LogP contribution < -0.4 is 20.4 Å². The molecule has 1 aliphatic heterocycles. The Morgan fingerprint density at radius 2 is 1.78 bits per heavy atom. The second kappa shape index (κ2) is 9.67. The molecule has 2 aromatic heterocycles. The van der Waals surface area contributed by atoms with Gasteiger partial charge in [0.15, 0.2) is 6.23 Å². The third-order valence-corrected chi connectivity index (χ3v) is 6.10. The third-order valence-electron chi connectivity index (χ3n) is 6.10. The van der Waals surface area contributed by atoms with Crippen LogP contribution in [0.2, 0.25) is 0 Å². The van der Waals surface area contributed by atoms with Gasteiger partial charge in [-0.15, -0.1) is 0 Å². The highest BCUT2D eigenvalue weighted by Crippen LogP contribution is 2.33. The van der Waals surface area contributed by atoms with E-state index < -0.39 is 12.1 Å². The van der Waals surface area contributed by atoms with Gasteiger partial charge in [-0.05, 0) is 50.1 Å². The Morgan fingerprint density at radius 1 is 1.00 bits per heavy atom. The number of hydrazine groups is 1. The first-order valence-corrected chi connectivity index (χ1v) is 11.6. The van der Waals surface area contributed by atoms with Crippen LogP contribution in [0.5, 0.6) is 11.5 Å². The molecule has 0 bridgehead atoms. The van der Waals surface area contributed by atoms with E-state index in [1.54, 1.807) is 54.5 Å². The Kier molecular flexibility index (Phi) is 6.26. The Labute approximate surface area is 208 Å². The summed E-state index contributed by atoms with van der Waals surface area (Å²) in [5.74, 6) is 1.28. The summed E-state index contributed by atoms with van der Waals surface area (Å²) >= 11 is 0. The maximum absolute atomic E-state index is 13.0. The summed E-state index contributed by atoms with van der Waals surface area (Å²) in [5.41, 5.74) is 1.63. The van der Waals surface area contributed by atoms with Crippen molar-refractivity contribution in [3.8, 4) is 11.5 Å². The van der Waals surface area contributed by atoms with Crippen LogP contribution in [0.25, 0.3) is 0 Å². The predicted octanol–water partition coefficient (Wildman–Crippen LogP) is 3.52. The molecule has 10 heteroatoms. The first kappa shape index (κ1) is 23.3. The van der Waals surface area contributed by atoms with Crippen LogP contribution in [-0.4, -0.2) is 45.2 Å². The van der Waals surface area contributed by atoms with E-state index in [4.69, 9.17) is 4.74 Å². The minimum atomic E-state index is -1.14. The van der Waals surface area contributed by atoms with Crippen molar-refractivity contribution in [2.24, 2.45) is 5.92 Å². The van der Waals surface area contributed by atoms with Crippen LogP contribution in [0.15, 0.2) is 78.3 Å². The van der Waals surface area contributed by atoms with Crippen LogP contribution in [0.1, 0.15) is 19.8 Å². The number of hydrogen-bond donors (Lipinski definition) is 3. The summed E-state index contributed by atoms with van der Waals surface area (Å²) in [6, 6.07) is 15.9.